The molecule has 0 aromatic carbocycles. The van der Waals surface area contributed by atoms with E-state index in [1.165, 1.54) is 0 Å². The Morgan fingerprint density at radius 1 is 1.56 bits per heavy atom. The highest BCUT2D eigenvalue weighted by Crippen LogP contribution is 2.35. The third-order valence-corrected chi connectivity index (χ3v) is 3.72. The summed E-state index contributed by atoms with van der Waals surface area (Å²) in [5, 5.41) is 12.1. The van der Waals surface area contributed by atoms with E-state index < -0.39 is 0 Å². The van der Waals surface area contributed by atoms with Crippen molar-refractivity contribution in [2.24, 2.45) is 11.8 Å². The van der Waals surface area contributed by atoms with Crippen LogP contribution in [0.4, 0.5) is 0 Å². The van der Waals surface area contributed by atoms with E-state index in [4.69, 9.17) is 0 Å². The van der Waals surface area contributed by atoms with Gasteiger partial charge in [-0.3, -0.25) is 9.59 Å². The van der Waals surface area contributed by atoms with Gasteiger partial charge in [-0.2, -0.15) is 0 Å². The van der Waals surface area contributed by atoms with Crippen LogP contribution >= 0.6 is 0 Å². The number of hydrogen-bond acceptors (Lipinski definition) is 3. The predicted molar refractivity (Wildman–Crippen MR) is 66.7 cm³/mol. The van der Waals surface area contributed by atoms with Crippen molar-refractivity contribution in [2.75, 3.05) is 19.7 Å². The fourth-order valence-corrected chi connectivity index (χ4v) is 2.40. The molecule has 102 valence electrons. The molecule has 1 saturated heterocycles. The Morgan fingerprint density at radius 3 is 2.72 bits per heavy atom. The van der Waals surface area contributed by atoms with E-state index in [1.807, 2.05) is 0 Å². The number of nitrogens with one attached hydrogen (secondary N) is 1. The summed E-state index contributed by atoms with van der Waals surface area (Å²) in [4.78, 5) is 25.6. The molecule has 1 aliphatic carbocycles. The Bertz CT molecular complexity index is 350. The highest BCUT2D eigenvalue weighted by molar-refractivity contribution is 5.89. The molecule has 0 spiro atoms. The first-order valence-corrected chi connectivity index (χ1v) is 6.66. The number of carbonyl (C=O) groups is 2. The second kappa shape index (κ2) is 4.88. The summed E-state index contributed by atoms with van der Waals surface area (Å²) >= 11 is 0. The Labute approximate surface area is 108 Å². The van der Waals surface area contributed by atoms with E-state index in [-0.39, 0.29) is 29.9 Å². The molecular weight excluding hydrogens is 232 g/mol. The fraction of sp³-hybridized carbons (Fsp3) is 0.846. The maximum atomic E-state index is 12.0. The molecule has 1 aliphatic heterocycles. The van der Waals surface area contributed by atoms with Crippen molar-refractivity contribution in [3.8, 4) is 0 Å². The topological polar surface area (TPSA) is 69.6 Å². The van der Waals surface area contributed by atoms with Gasteiger partial charge in [0.05, 0.1) is 18.1 Å². The van der Waals surface area contributed by atoms with Gasteiger partial charge in [0, 0.05) is 19.5 Å². The summed E-state index contributed by atoms with van der Waals surface area (Å²) in [6.07, 6.45) is 1.98. The molecule has 0 bridgehead atoms. The van der Waals surface area contributed by atoms with E-state index in [2.05, 4.69) is 19.2 Å². The van der Waals surface area contributed by atoms with Crippen molar-refractivity contribution in [1.29, 1.82) is 0 Å². The highest BCUT2D eigenvalue weighted by Gasteiger charge is 2.45. The normalized spacial score (nSPS) is 25.7. The predicted octanol–water partition coefficient (Wildman–Crippen LogP) is 0.132. The van der Waals surface area contributed by atoms with Gasteiger partial charge in [-0.25, -0.2) is 0 Å². The third kappa shape index (κ3) is 2.83. The van der Waals surface area contributed by atoms with Crippen LogP contribution in [0.3, 0.4) is 0 Å². The lowest BCUT2D eigenvalue weighted by molar-refractivity contribution is -0.129. The minimum atomic E-state index is -0.383. The molecule has 0 aromatic heterocycles. The number of nitrogens with zero attached hydrogens (tertiary/aromatic N) is 1. The largest absolute Gasteiger partial charge is 0.394 e. The lowest BCUT2D eigenvalue weighted by Crippen LogP contribution is -2.43. The van der Waals surface area contributed by atoms with Crippen molar-refractivity contribution in [3.63, 3.8) is 0 Å². The number of rotatable bonds is 5. The zero-order chi connectivity index (χ0) is 13.3. The molecule has 0 radical (unpaired) electrons. The SMILES string of the molecule is CC(C)CN1CC(C(=O)NC2(CO)CC2)CC1=O. The van der Waals surface area contributed by atoms with Crippen LogP contribution in [0.5, 0.6) is 0 Å². The summed E-state index contributed by atoms with van der Waals surface area (Å²) in [5.74, 6) is 0.155. The number of amides is 2. The van der Waals surface area contributed by atoms with Gasteiger partial charge >= 0.3 is 0 Å². The second-order valence-electron chi connectivity index (χ2n) is 6.02. The van der Waals surface area contributed by atoms with Gasteiger partial charge < -0.3 is 15.3 Å². The first-order chi connectivity index (χ1) is 8.46. The van der Waals surface area contributed by atoms with Gasteiger partial charge in [-0.1, -0.05) is 13.8 Å². The molecule has 2 fully saturated rings. The summed E-state index contributed by atoms with van der Waals surface area (Å²) in [6.45, 7) is 5.35. The standard InChI is InChI=1S/C13H22N2O3/c1-9(2)6-15-7-10(5-11(15)17)12(18)14-13(8-16)3-4-13/h9-10,16H,3-8H2,1-2H3,(H,14,18). The zero-order valence-electron chi connectivity index (χ0n) is 11.1. The summed E-state index contributed by atoms with van der Waals surface area (Å²) in [7, 11) is 0. The molecule has 2 amide bonds. The van der Waals surface area contributed by atoms with Crippen LogP contribution < -0.4 is 5.32 Å². The van der Waals surface area contributed by atoms with Crippen LogP contribution in [0.25, 0.3) is 0 Å². The van der Waals surface area contributed by atoms with Crippen molar-refractivity contribution in [3.05, 3.63) is 0 Å². The summed E-state index contributed by atoms with van der Waals surface area (Å²) in [5.41, 5.74) is -0.383. The molecule has 0 aromatic rings. The molecule has 2 rings (SSSR count). The quantitative estimate of drug-likeness (QED) is 0.733. The molecule has 1 saturated carbocycles. The number of likely N-dealkylation sites (tertiary alicyclic amines) is 1. The van der Waals surface area contributed by atoms with Gasteiger partial charge in [0.25, 0.3) is 0 Å². The first-order valence-electron chi connectivity index (χ1n) is 6.66. The number of aliphatic hydroxyl groups excluding tert-OH is 1. The second-order valence-corrected chi connectivity index (χ2v) is 6.02. The van der Waals surface area contributed by atoms with E-state index in [9.17, 15) is 14.7 Å². The molecule has 2 aliphatic rings. The Hall–Kier alpha value is -1.10. The first kappa shape index (κ1) is 13.3. The van der Waals surface area contributed by atoms with E-state index in [1.54, 1.807) is 4.90 Å². The van der Waals surface area contributed by atoms with Gasteiger partial charge in [-0.15, -0.1) is 0 Å². The third-order valence-electron chi connectivity index (χ3n) is 3.72. The lowest BCUT2D eigenvalue weighted by Gasteiger charge is -2.20. The van der Waals surface area contributed by atoms with Gasteiger partial charge in [0.1, 0.15) is 0 Å². The van der Waals surface area contributed by atoms with Crippen LogP contribution in [-0.2, 0) is 9.59 Å². The van der Waals surface area contributed by atoms with E-state index in [0.717, 1.165) is 12.8 Å². The van der Waals surface area contributed by atoms with Gasteiger partial charge in [0.15, 0.2) is 0 Å². The molecule has 5 heteroatoms. The molecular formula is C13H22N2O3. The van der Waals surface area contributed by atoms with Crippen LogP contribution in [-0.4, -0.2) is 47.1 Å². The Morgan fingerprint density at radius 2 is 2.22 bits per heavy atom. The highest BCUT2D eigenvalue weighted by atomic mass is 16.3. The van der Waals surface area contributed by atoms with Crippen LogP contribution in [0.15, 0.2) is 0 Å². The molecule has 5 nitrogen and oxygen atoms in total. The van der Waals surface area contributed by atoms with Crippen molar-refractivity contribution in [1.82, 2.24) is 10.2 Å². The monoisotopic (exact) mass is 254 g/mol. The molecule has 1 atom stereocenters. The van der Waals surface area contributed by atoms with Crippen LogP contribution in [0.2, 0.25) is 0 Å². The number of carbonyl (C=O) groups excluding carboxylic acids is 2. The lowest BCUT2D eigenvalue weighted by atomic mass is 10.1. The van der Waals surface area contributed by atoms with Crippen molar-refractivity contribution >= 4 is 11.8 Å². The summed E-state index contributed by atoms with van der Waals surface area (Å²) < 4.78 is 0. The summed E-state index contributed by atoms with van der Waals surface area (Å²) in [6, 6.07) is 0. The zero-order valence-corrected chi connectivity index (χ0v) is 11.1. The maximum absolute atomic E-state index is 12.0. The Balaban J connectivity index is 1.87. The number of hydrogen-bond donors (Lipinski definition) is 2. The average molecular weight is 254 g/mol. The number of aliphatic hydroxyl groups is 1. The van der Waals surface area contributed by atoms with E-state index >= 15 is 0 Å². The van der Waals surface area contributed by atoms with Crippen LogP contribution in [0, 0.1) is 11.8 Å². The van der Waals surface area contributed by atoms with Crippen molar-refractivity contribution < 1.29 is 14.7 Å². The smallest absolute Gasteiger partial charge is 0.225 e. The fourth-order valence-electron chi connectivity index (χ4n) is 2.40. The van der Waals surface area contributed by atoms with Crippen LogP contribution in [0.1, 0.15) is 33.1 Å². The molecule has 1 unspecified atom stereocenters. The minimum absolute atomic E-state index is 0.00485. The minimum Gasteiger partial charge on any atom is -0.394 e. The molecule has 1 heterocycles. The van der Waals surface area contributed by atoms with Gasteiger partial charge in [0.2, 0.25) is 11.8 Å². The average Bonchev–Trinajstić information content (AvgIpc) is 2.98. The van der Waals surface area contributed by atoms with Crippen molar-refractivity contribution in [2.45, 2.75) is 38.6 Å². The molecule has 18 heavy (non-hydrogen) atoms. The van der Waals surface area contributed by atoms with Gasteiger partial charge in [-0.05, 0) is 18.8 Å². The van der Waals surface area contributed by atoms with E-state index in [0.29, 0.717) is 25.4 Å². The maximum Gasteiger partial charge on any atom is 0.225 e. The Kier molecular flexibility index (Phi) is 3.61. The molecule has 2 N–H and O–H groups in total.